The zero-order chi connectivity index (χ0) is 14.3. The van der Waals surface area contributed by atoms with Gasteiger partial charge in [-0.15, -0.1) is 0 Å². The van der Waals surface area contributed by atoms with Crippen LogP contribution in [0, 0.1) is 6.92 Å². The molecule has 0 bridgehead atoms. The minimum Gasteiger partial charge on any atom is -0.384 e. The second-order valence-electron chi connectivity index (χ2n) is 4.14. The molecule has 0 aromatic heterocycles. The van der Waals surface area contributed by atoms with Crippen molar-refractivity contribution in [1.82, 2.24) is 0 Å². The van der Waals surface area contributed by atoms with E-state index in [4.69, 9.17) is 32.7 Å². The molecule has 19 heavy (non-hydrogen) atoms. The van der Waals surface area contributed by atoms with Crippen molar-refractivity contribution in [2.24, 2.45) is 0 Å². The van der Waals surface area contributed by atoms with Gasteiger partial charge in [0.25, 0.3) is 0 Å². The van der Waals surface area contributed by atoms with Crippen molar-refractivity contribution in [2.45, 2.75) is 33.5 Å². The fraction of sp³-hybridized carbons (Fsp3) is 0.571. The summed E-state index contributed by atoms with van der Waals surface area (Å²) in [5.41, 5.74) is 1.81. The summed E-state index contributed by atoms with van der Waals surface area (Å²) >= 11 is 12.2. The first-order valence-electron chi connectivity index (χ1n) is 6.51. The van der Waals surface area contributed by atoms with Gasteiger partial charge in [-0.3, -0.25) is 0 Å². The Morgan fingerprint density at radius 1 is 1.11 bits per heavy atom. The van der Waals surface area contributed by atoms with Gasteiger partial charge in [0.2, 0.25) is 0 Å². The van der Waals surface area contributed by atoms with Gasteiger partial charge in [-0.2, -0.15) is 0 Å². The van der Waals surface area contributed by atoms with Gasteiger partial charge >= 0.3 is 0 Å². The highest BCUT2D eigenvalue weighted by atomic mass is 35.5. The smallest absolute Gasteiger partial charge is 0.159 e. The lowest BCUT2D eigenvalue weighted by atomic mass is 10.2. The van der Waals surface area contributed by atoms with Crippen molar-refractivity contribution in [3.05, 3.63) is 27.7 Å². The topological polar surface area (TPSA) is 30.5 Å². The number of aryl methyl sites for hydroxylation is 1. The Balaban J connectivity index is 2.50. The van der Waals surface area contributed by atoms with E-state index in [-0.39, 0.29) is 6.29 Å². The van der Waals surface area contributed by atoms with Crippen LogP contribution in [0.5, 0.6) is 0 Å². The van der Waals surface area contributed by atoms with Crippen molar-refractivity contribution in [1.29, 1.82) is 0 Å². The molecule has 1 aromatic rings. The molecule has 0 aliphatic carbocycles. The molecule has 1 aromatic carbocycles. The van der Waals surface area contributed by atoms with E-state index in [0.717, 1.165) is 17.7 Å². The number of hydrogen-bond acceptors (Lipinski definition) is 3. The fourth-order valence-electron chi connectivity index (χ4n) is 1.69. The molecular formula is C14H21Cl2NO2. The summed E-state index contributed by atoms with van der Waals surface area (Å²) in [7, 11) is 0. The Morgan fingerprint density at radius 3 is 2.32 bits per heavy atom. The molecular weight excluding hydrogens is 285 g/mol. The second-order valence-corrected chi connectivity index (χ2v) is 4.95. The number of rotatable bonds is 8. The first-order chi connectivity index (χ1) is 9.08. The molecule has 0 heterocycles. The zero-order valence-corrected chi connectivity index (χ0v) is 13.1. The molecule has 5 heteroatoms. The van der Waals surface area contributed by atoms with Gasteiger partial charge < -0.3 is 14.8 Å². The standard InChI is InChI=1S/C14H21Cl2NO2/c1-4-18-14(19-5-2)6-7-17-13-9-11(15)10(3)8-12(13)16/h8-9,14,17H,4-7H2,1-3H3. The molecule has 0 fully saturated rings. The van der Waals surface area contributed by atoms with Crippen molar-refractivity contribution in [2.75, 3.05) is 25.1 Å². The summed E-state index contributed by atoms with van der Waals surface area (Å²) in [6.45, 7) is 7.83. The van der Waals surface area contributed by atoms with Crippen molar-refractivity contribution in [3.8, 4) is 0 Å². The van der Waals surface area contributed by atoms with Gasteiger partial charge in [0.15, 0.2) is 6.29 Å². The lowest BCUT2D eigenvalue weighted by Gasteiger charge is -2.18. The molecule has 0 amide bonds. The molecule has 0 spiro atoms. The number of benzene rings is 1. The fourth-order valence-corrected chi connectivity index (χ4v) is 2.14. The number of ether oxygens (including phenoxy) is 2. The molecule has 0 saturated carbocycles. The van der Waals surface area contributed by atoms with E-state index in [9.17, 15) is 0 Å². The highest BCUT2D eigenvalue weighted by molar-refractivity contribution is 6.35. The van der Waals surface area contributed by atoms with Crippen LogP contribution in [0.2, 0.25) is 10.0 Å². The molecule has 0 aliphatic rings. The maximum Gasteiger partial charge on any atom is 0.159 e. The van der Waals surface area contributed by atoms with Crippen molar-refractivity contribution >= 4 is 28.9 Å². The minimum atomic E-state index is -0.179. The van der Waals surface area contributed by atoms with Crippen LogP contribution in [-0.2, 0) is 9.47 Å². The maximum absolute atomic E-state index is 6.16. The maximum atomic E-state index is 6.16. The van der Waals surface area contributed by atoms with Gasteiger partial charge in [-0.1, -0.05) is 23.2 Å². The Morgan fingerprint density at radius 2 is 1.74 bits per heavy atom. The molecule has 3 nitrogen and oxygen atoms in total. The number of anilines is 1. The third-order valence-corrected chi connectivity index (χ3v) is 3.37. The summed E-state index contributed by atoms with van der Waals surface area (Å²) in [5.74, 6) is 0. The molecule has 1 rings (SSSR count). The van der Waals surface area contributed by atoms with Crippen LogP contribution < -0.4 is 5.32 Å². The average Bonchev–Trinajstić information content (AvgIpc) is 2.36. The monoisotopic (exact) mass is 305 g/mol. The SMILES string of the molecule is CCOC(CCNc1cc(Cl)c(C)cc1Cl)OCC. The Kier molecular flexibility index (Phi) is 7.54. The lowest BCUT2D eigenvalue weighted by Crippen LogP contribution is -2.21. The predicted octanol–water partition coefficient (Wildman–Crippen LogP) is 4.50. The predicted molar refractivity (Wildman–Crippen MR) is 81.3 cm³/mol. The summed E-state index contributed by atoms with van der Waals surface area (Å²) in [6.07, 6.45) is 0.575. The Bertz CT molecular complexity index is 393. The van der Waals surface area contributed by atoms with Crippen molar-refractivity contribution < 1.29 is 9.47 Å². The van der Waals surface area contributed by atoms with Gasteiger partial charge in [-0.05, 0) is 38.5 Å². The van der Waals surface area contributed by atoms with E-state index < -0.39 is 0 Å². The van der Waals surface area contributed by atoms with Crippen LogP contribution in [0.3, 0.4) is 0 Å². The van der Waals surface area contributed by atoms with E-state index in [2.05, 4.69) is 5.32 Å². The third-order valence-electron chi connectivity index (χ3n) is 2.65. The molecule has 0 atom stereocenters. The van der Waals surface area contributed by atoms with Crippen LogP contribution in [0.25, 0.3) is 0 Å². The zero-order valence-electron chi connectivity index (χ0n) is 11.6. The highest BCUT2D eigenvalue weighted by Crippen LogP contribution is 2.28. The molecule has 0 radical (unpaired) electrons. The summed E-state index contributed by atoms with van der Waals surface area (Å²) in [5, 5.41) is 4.63. The summed E-state index contributed by atoms with van der Waals surface area (Å²) < 4.78 is 10.9. The Labute approximate surface area is 125 Å². The number of hydrogen-bond donors (Lipinski definition) is 1. The van der Waals surface area contributed by atoms with Crippen LogP contribution >= 0.6 is 23.2 Å². The van der Waals surface area contributed by atoms with Gasteiger partial charge in [0, 0.05) is 31.2 Å². The molecule has 108 valence electrons. The number of nitrogens with one attached hydrogen (secondary N) is 1. The number of halogens is 2. The van der Waals surface area contributed by atoms with Crippen molar-refractivity contribution in [3.63, 3.8) is 0 Å². The van der Waals surface area contributed by atoms with Crippen LogP contribution in [0.15, 0.2) is 12.1 Å². The van der Waals surface area contributed by atoms with Crippen LogP contribution in [0.4, 0.5) is 5.69 Å². The van der Waals surface area contributed by atoms with Gasteiger partial charge in [-0.25, -0.2) is 0 Å². The lowest BCUT2D eigenvalue weighted by molar-refractivity contribution is -0.137. The highest BCUT2D eigenvalue weighted by Gasteiger charge is 2.09. The van der Waals surface area contributed by atoms with Gasteiger partial charge in [0.1, 0.15) is 0 Å². The first kappa shape index (κ1) is 16.6. The van der Waals surface area contributed by atoms with Crippen LogP contribution in [-0.4, -0.2) is 26.0 Å². The van der Waals surface area contributed by atoms with E-state index >= 15 is 0 Å². The summed E-state index contributed by atoms with van der Waals surface area (Å²) in [4.78, 5) is 0. The Hall–Kier alpha value is -0.480. The molecule has 0 saturated heterocycles. The minimum absolute atomic E-state index is 0.179. The second kappa shape index (κ2) is 8.64. The van der Waals surface area contributed by atoms with E-state index in [0.29, 0.717) is 29.8 Å². The average molecular weight is 306 g/mol. The normalized spacial score (nSPS) is 11.1. The van der Waals surface area contributed by atoms with E-state index in [1.54, 1.807) is 0 Å². The third kappa shape index (κ3) is 5.57. The summed E-state index contributed by atoms with van der Waals surface area (Å²) in [6, 6.07) is 3.70. The molecule has 0 aliphatic heterocycles. The quantitative estimate of drug-likeness (QED) is 0.717. The molecule has 1 N–H and O–H groups in total. The first-order valence-corrected chi connectivity index (χ1v) is 7.26. The molecule has 0 unspecified atom stereocenters. The van der Waals surface area contributed by atoms with Gasteiger partial charge in [0.05, 0.1) is 10.7 Å². The van der Waals surface area contributed by atoms with E-state index in [1.807, 2.05) is 32.9 Å². The largest absolute Gasteiger partial charge is 0.384 e. The van der Waals surface area contributed by atoms with E-state index in [1.165, 1.54) is 0 Å². The van der Waals surface area contributed by atoms with Crippen LogP contribution in [0.1, 0.15) is 25.8 Å².